The average Bonchev–Trinajstić information content (AvgIpc) is 3.04. The number of ether oxygens (including phenoxy) is 2. The number of amides is 1. The van der Waals surface area contributed by atoms with E-state index in [-0.39, 0.29) is 17.0 Å². The van der Waals surface area contributed by atoms with Crippen molar-refractivity contribution in [2.75, 3.05) is 14.2 Å². The van der Waals surface area contributed by atoms with Crippen molar-refractivity contribution in [1.82, 2.24) is 4.90 Å². The summed E-state index contributed by atoms with van der Waals surface area (Å²) in [7, 11) is 3.16. The second kappa shape index (κ2) is 10.2. The molecule has 6 nitrogen and oxygen atoms in total. The number of hydrogen-bond acceptors (Lipinski definition) is 6. The Morgan fingerprint density at radius 3 is 2.60 bits per heavy atom. The van der Waals surface area contributed by atoms with Crippen molar-refractivity contribution in [3.8, 4) is 11.5 Å². The molecule has 1 heterocycles. The normalized spacial score (nSPS) is 17.9. The number of methoxy groups -OCH3 is 2. The predicted octanol–water partition coefficient (Wildman–Crippen LogP) is 4.48. The topological polar surface area (TPSA) is 63.5 Å². The summed E-state index contributed by atoms with van der Waals surface area (Å²) in [6.45, 7) is 2.37. The Hall–Kier alpha value is -2.87. The van der Waals surface area contributed by atoms with E-state index in [0.29, 0.717) is 23.2 Å². The lowest BCUT2D eigenvalue weighted by Crippen LogP contribution is -2.31. The smallest absolute Gasteiger partial charge is 0.242 e. The molecule has 1 fully saturated rings. The third-order valence-electron chi connectivity index (χ3n) is 4.61. The Balaban J connectivity index is 1.83. The molecule has 8 heteroatoms. The van der Waals surface area contributed by atoms with Crippen LogP contribution in [-0.4, -0.2) is 41.7 Å². The molecule has 30 heavy (non-hydrogen) atoms. The van der Waals surface area contributed by atoms with Crippen molar-refractivity contribution in [3.63, 3.8) is 0 Å². The quantitative estimate of drug-likeness (QED) is 0.459. The van der Waals surface area contributed by atoms with Crippen LogP contribution in [0.4, 0.5) is 4.39 Å². The number of thioether (sulfide) groups is 1. The van der Waals surface area contributed by atoms with Crippen molar-refractivity contribution < 1.29 is 18.7 Å². The van der Waals surface area contributed by atoms with Gasteiger partial charge in [0.1, 0.15) is 17.3 Å². The molecule has 1 aliphatic heterocycles. The fourth-order valence-corrected chi connectivity index (χ4v) is 4.23. The Morgan fingerprint density at radius 1 is 1.17 bits per heavy atom. The van der Waals surface area contributed by atoms with Crippen LogP contribution < -0.4 is 9.47 Å². The molecule has 1 atom stereocenters. The molecule has 0 saturated carbocycles. The van der Waals surface area contributed by atoms with E-state index in [0.717, 1.165) is 24.0 Å². The Morgan fingerprint density at radius 2 is 1.93 bits per heavy atom. The monoisotopic (exact) mass is 429 g/mol. The minimum atomic E-state index is -0.309. The van der Waals surface area contributed by atoms with E-state index in [2.05, 4.69) is 10.2 Å². The fraction of sp³-hybridized carbons (Fsp3) is 0.318. The number of hydrogen-bond donors (Lipinski definition) is 0. The Kier molecular flexibility index (Phi) is 7.46. The molecule has 1 saturated heterocycles. The van der Waals surface area contributed by atoms with E-state index < -0.39 is 0 Å². The van der Waals surface area contributed by atoms with Gasteiger partial charge < -0.3 is 9.47 Å². The molecule has 0 spiro atoms. The molecular formula is C22H24FN3O3S. The third kappa shape index (κ3) is 5.18. The van der Waals surface area contributed by atoms with Gasteiger partial charge in [-0.1, -0.05) is 37.2 Å². The summed E-state index contributed by atoms with van der Waals surface area (Å²) in [6, 6.07) is 11.5. The van der Waals surface area contributed by atoms with Crippen LogP contribution in [0.25, 0.3) is 0 Å². The van der Waals surface area contributed by atoms with Gasteiger partial charge in [0.05, 0.1) is 32.2 Å². The molecule has 0 N–H and O–H groups in total. The number of rotatable bonds is 8. The number of carbonyl (C=O) groups is 1. The summed E-state index contributed by atoms with van der Waals surface area (Å²) in [4.78, 5) is 14.5. The Bertz CT molecular complexity index is 947. The highest BCUT2D eigenvalue weighted by molar-refractivity contribution is 8.15. The van der Waals surface area contributed by atoms with Crippen molar-refractivity contribution in [2.24, 2.45) is 10.2 Å². The average molecular weight is 430 g/mol. The van der Waals surface area contributed by atoms with Gasteiger partial charge in [0.15, 0.2) is 5.17 Å². The summed E-state index contributed by atoms with van der Waals surface area (Å²) in [5.74, 6) is 0.986. The van der Waals surface area contributed by atoms with Gasteiger partial charge in [-0.05, 0) is 36.2 Å². The SMILES string of the molecule is CCC[C@@H]1S/C(=N/N=C\c2ccc(OC)cc2OC)N(Cc2ccc(F)cc2)C1=O. The van der Waals surface area contributed by atoms with E-state index in [9.17, 15) is 9.18 Å². The summed E-state index contributed by atoms with van der Waals surface area (Å²) in [5.41, 5.74) is 1.57. The van der Waals surface area contributed by atoms with Crippen LogP contribution in [0.5, 0.6) is 11.5 Å². The maximum Gasteiger partial charge on any atom is 0.242 e. The van der Waals surface area contributed by atoms with Crippen LogP contribution in [0.2, 0.25) is 0 Å². The second-order valence-corrected chi connectivity index (χ2v) is 7.85. The van der Waals surface area contributed by atoms with Gasteiger partial charge in [-0.25, -0.2) is 4.39 Å². The van der Waals surface area contributed by atoms with E-state index in [4.69, 9.17) is 9.47 Å². The van der Waals surface area contributed by atoms with E-state index in [1.54, 1.807) is 43.5 Å². The fourth-order valence-electron chi connectivity index (χ4n) is 3.01. The zero-order chi connectivity index (χ0) is 21.5. The standard InChI is InChI=1S/C22H24FN3O3S/c1-4-5-20-21(27)26(14-15-6-9-17(23)10-7-15)22(30-20)25-24-13-16-8-11-18(28-2)12-19(16)29-3/h6-13,20H,4-5,14H2,1-3H3/b24-13-,25-22+/t20-/m0/s1. The first kappa shape index (κ1) is 21.8. The second-order valence-electron chi connectivity index (χ2n) is 6.68. The van der Waals surface area contributed by atoms with Gasteiger partial charge in [-0.15, -0.1) is 5.10 Å². The summed E-state index contributed by atoms with van der Waals surface area (Å²) < 4.78 is 23.8. The number of amidine groups is 1. The largest absolute Gasteiger partial charge is 0.497 e. The summed E-state index contributed by atoms with van der Waals surface area (Å²) in [6.07, 6.45) is 3.24. The van der Waals surface area contributed by atoms with Gasteiger partial charge in [0.2, 0.25) is 5.91 Å². The van der Waals surface area contributed by atoms with Crippen LogP contribution in [0.15, 0.2) is 52.7 Å². The predicted molar refractivity (Wildman–Crippen MR) is 118 cm³/mol. The van der Waals surface area contributed by atoms with Gasteiger partial charge in [-0.3, -0.25) is 9.69 Å². The molecule has 2 aromatic rings. The molecule has 1 aliphatic rings. The molecule has 0 radical (unpaired) electrons. The zero-order valence-electron chi connectivity index (χ0n) is 17.2. The number of nitrogens with zero attached hydrogens (tertiary/aromatic N) is 3. The van der Waals surface area contributed by atoms with Crippen molar-refractivity contribution in [2.45, 2.75) is 31.6 Å². The van der Waals surface area contributed by atoms with E-state index >= 15 is 0 Å². The van der Waals surface area contributed by atoms with Crippen LogP contribution in [0.1, 0.15) is 30.9 Å². The van der Waals surface area contributed by atoms with E-state index in [1.165, 1.54) is 23.9 Å². The maximum atomic E-state index is 13.2. The first-order valence-electron chi connectivity index (χ1n) is 9.61. The first-order valence-corrected chi connectivity index (χ1v) is 10.5. The highest BCUT2D eigenvalue weighted by Gasteiger charge is 2.37. The molecule has 1 amide bonds. The van der Waals surface area contributed by atoms with E-state index in [1.807, 2.05) is 19.1 Å². The van der Waals surface area contributed by atoms with Crippen molar-refractivity contribution in [3.05, 3.63) is 59.4 Å². The lowest BCUT2D eigenvalue weighted by atomic mass is 10.2. The lowest BCUT2D eigenvalue weighted by molar-refractivity contribution is -0.126. The minimum Gasteiger partial charge on any atom is -0.497 e. The van der Waals surface area contributed by atoms with Gasteiger partial charge in [0.25, 0.3) is 0 Å². The van der Waals surface area contributed by atoms with Crippen LogP contribution >= 0.6 is 11.8 Å². The van der Waals surface area contributed by atoms with Crippen LogP contribution in [0, 0.1) is 5.82 Å². The number of halogens is 1. The lowest BCUT2D eigenvalue weighted by Gasteiger charge is -2.15. The zero-order valence-corrected chi connectivity index (χ0v) is 18.0. The molecule has 0 unspecified atom stereocenters. The first-order chi connectivity index (χ1) is 14.5. The molecule has 0 aliphatic carbocycles. The molecule has 3 rings (SSSR count). The summed E-state index contributed by atoms with van der Waals surface area (Å²) >= 11 is 1.41. The van der Waals surface area contributed by atoms with Crippen LogP contribution in [0.3, 0.4) is 0 Å². The Labute approximate surface area is 179 Å². The van der Waals surface area contributed by atoms with Gasteiger partial charge in [-0.2, -0.15) is 5.10 Å². The molecule has 0 aromatic heterocycles. The summed E-state index contributed by atoms with van der Waals surface area (Å²) in [5, 5.41) is 8.85. The molecular weight excluding hydrogens is 405 g/mol. The molecule has 2 aromatic carbocycles. The molecule has 0 bridgehead atoms. The highest BCUT2D eigenvalue weighted by Crippen LogP contribution is 2.32. The number of carbonyl (C=O) groups excluding carboxylic acids is 1. The van der Waals surface area contributed by atoms with Gasteiger partial charge in [0, 0.05) is 11.6 Å². The third-order valence-corrected chi connectivity index (χ3v) is 5.84. The minimum absolute atomic E-state index is 0.00199. The van der Waals surface area contributed by atoms with Crippen molar-refractivity contribution >= 4 is 29.1 Å². The number of benzene rings is 2. The highest BCUT2D eigenvalue weighted by atomic mass is 32.2. The van der Waals surface area contributed by atoms with Crippen LogP contribution in [-0.2, 0) is 11.3 Å². The van der Waals surface area contributed by atoms with Gasteiger partial charge >= 0.3 is 0 Å². The van der Waals surface area contributed by atoms with Crippen molar-refractivity contribution in [1.29, 1.82) is 0 Å². The molecule has 158 valence electrons. The maximum absolute atomic E-state index is 13.2.